The van der Waals surface area contributed by atoms with Crippen LogP contribution in [0, 0.1) is 17.6 Å². The largest absolute Gasteiger partial charge is 0.378 e. The third-order valence-corrected chi connectivity index (χ3v) is 4.77. The molecule has 0 N–H and O–H groups in total. The van der Waals surface area contributed by atoms with Gasteiger partial charge in [0.15, 0.2) is 11.6 Å². The van der Waals surface area contributed by atoms with Crippen molar-refractivity contribution in [3.05, 3.63) is 29.3 Å². The van der Waals surface area contributed by atoms with Gasteiger partial charge in [0.25, 0.3) is 0 Å². The van der Waals surface area contributed by atoms with Crippen molar-refractivity contribution in [1.82, 2.24) is 0 Å². The zero-order chi connectivity index (χ0) is 18.0. The second kappa shape index (κ2) is 11.1. The molecule has 1 fully saturated rings. The summed E-state index contributed by atoms with van der Waals surface area (Å²) in [5.74, 6) is -0.806. The minimum Gasteiger partial charge on any atom is -0.378 e. The van der Waals surface area contributed by atoms with Gasteiger partial charge in [-0.25, -0.2) is 8.78 Å². The molecule has 0 heterocycles. The summed E-state index contributed by atoms with van der Waals surface area (Å²) < 4.78 is 33.2. The van der Waals surface area contributed by atoms with Crippen LogP contribution in [-0.4, -0.2) is 12.7 Å². The Hall–Kier alpha value is -0.530. The van der Waals surface area contributed by atoms with Gasteiger partial charge in [-0.15, -0.1) is 9.24 Å². The minimum absolute atomic E-state index is 0.269. The Kier molecular flexibility index (Phi) is 10.8. The number of ether oxygens (including phenoxy) is 1. The van der Waals surface area contributed by atoms with Crippen LogP contribution in [-0.2, 0) is 11.2 Å². The summed E-state index contributed by atoms with van der Waals surface area (Å²) in [5.41, 5.74) is 0.0856. The van der Waals surface area contributed by atoms with E-state index < -0.39 is 11.6 Å². The topological polar surface area (TPSA) is 9.23 Å². The van der Waals surface area contributed by atoms with Gasteiger partial charge >= 0.3 is 0 Å². The molecular weight excluding hydrogens is 313 g/mol. The normalized spacial score (nSPS) is 23.3. The first-order valence-corrected chi connectivity index (χ1v) is 9.33. The highest BCUT2D eigenvalue weighted by atomic mass is 31.0. The van der Waals surface area contributed by atoms with E-state index in [1.807, 2.05) is 27.7 Å². The van der Waals surface area contributed by atoms with Gasteiger partial charge in [-0.1, -0.05) is 46.8 Å². The standard InChI is InChI=1S/C15H21F2OP.2C2H6/c1-10-5-7-15(18-2,8-6-10)9-11-3-4-12(19)14(17)13(11)16;2*1-2/h3-4,10H,5-9,19H2,1-2H3;2*1-2H3. The van der Waals surface area contributed by atoms with E-state index >= 15 is 0 Å². The van der Waals surface area contributed by atoms with E-state index in [0.29, 0.717) is 17.9 Å². The Morgan fingerprint density at radius 2 is 1.61 bits per heavy atom. The smallest absolute Gasteiger partial charge is 0.166 e. The highest BCUT2D eigenvalue weighted by Crippen LogP contribution is 2.37. The molecule has 0 saturated heterocycles. The fourth-order valence-electron chi connectivity index (χ4n) is 2.83. The van der Waals surface area contributed by atoms with Crippen molar-refractivity contribution in [3.63, 3.8) is 0 Å². The van der Waals surface area contributed by atoms with E-state index in [0.717, 1.165) is 25.7 Å². The van der Waals surface area contributed by atoms with Crippen LogP contribution in [0.2, 0.25) is 0 Å². The number of benzene rings is 1. The molecule has 1 atom stereocenters. The summed E-state index contributed by atoms with van der Waals surface area (Å²) >= 11 is 0. The Labute approximate surface area is 143 Å². The van der Waals surface area contributed by atoms with Gasteiger partial charge in [0.05, 0.1) is 5.60 Å². The van der Waals surface area contributed by atoms with Gasteiger partial charge in [-0.2, -0.15) is 0 Å². The summed E-state index contributed by atoms with van der Waals surface area (Å²) in [7, 11) is 3.88. The molecule has 4 heteroatoms. The maximum atomic E-state index is 14.0. The first kappa shape index (κ1) is 22.5. The van der Waals surface area contributed by atoms with Crippen LogP contribution < -0.4 is 5.30 Å². The summed E-state index contributed by atoms with van der Waals surface area (Å²) in [6.07, 6.45) is 4.44. The molecular formula is C19H33F2OP. The molecule has 2 rings (SSSR count). The molecule has 0 bridgehead atoms. The number of hydrogen-bond acceptors (Lipinski definition) is 1. The lowest BCUT2D eigenvalue weighted by Crippen LogP contribution is -2.38. The molecule has 23 heavy (non-hydrogen) atoms. The molecule has 1 aliphatic carbocycles. The van der Waals surface area contributed by atoms with Crippen molar-refractivity contribution >= 4 is 14.5 Å². The number of halogens is 2. The van der Waals surface area contributed by atoms with E-state index in [1.165, 1.54) is 0 Å². The summed E-state index contributed by atoms with van der Waals surface area (Å²) in [6.45, 7) is 10.2. The quantitative estimate of drug-likeness (QED) is 0.642. The van der Waals surface area contributed by atoms with E-state index in [9.17, 15) is 8.78 Å². The Bertz CT molecular complexity index is 455. The van der Waals surface area contributed by atoms with E-state index in [2.05, 4.69) is 16.2 Å². The lowest BCUT2D eigenvalue weighted by atomic mass is 9.76. The second-order valence-electron chi connectivity index (χ2n) is 5.69. The molecule has 1 saturated carbocycles. The minimum atomic E-state index is -0.766. The third kappa shape index (κ3) is 6.12. The molecule has 1 unspecified atom stereocenters. The van der Waals surface area contributed by atoms with Crippen molar-refractivity contribution in [2.75, 3.05) is 7.11 Å². The van der Waals surface area contributed by atoms with Crippen molar-refractivity contribution < 1.29 is 13.5 Å². The van der Waals surface area contributed by atoms with Crippen LogP contribution in [0.5, 0.6) is 0 Å². The molecule has 1 aliphatic rings. The van der Waals surface area contributed by atoms with Crippen LogP contribution in [0.3, 0.4) is 0 Å². The number of rotatable bonds is 3. The molecule has 0 aromatic heterocycles. The molecule has 1 aromatic rings. The van der Waals surface area contributed by atoms with Crippen molar-refractivity contribution in [3.8, 4) is 0 Å². The van der Waals surface area contributed by atoms with Gasteiger partial charge in [0.1, 0.15) is 0 Å². The maximum Gasteiger partial charge on any atom is 0.166 e. The molecule has 1 nitrogen and oxygen atoms in total. The maximum absolute atomic E-state index is 14.0. The van der Waals surface area contributed by atoms with E-state index in [1.54, 1.807) is 19.2 Å². The second-order valence-corrected chi connectivity index (χ2v) is 6.31. The van der Waals surface area contributed by atoms with Gasteiger partial charge in [-0.05, 0) is 37.2 Å². The predicted molar refractivity (Wildman–Crippen MR) is 99.5 cm³/mol. The fourth-order valence-corrected chi connectivity index (χ4v) is 3.05. The average molecular weight is 346 g/mol. The van der Waals surface area contributed by atoms with Crippen molar-refractivity contribution in [2.24, 2.45) is 5.92 Å². The predicted octanol–water partition coefficient (Wildman–Crippen LogP) is 5.66. The lowest BCUT2D eigenvalue weighted by Gasteiger charge is -2.38. The van der Waals surface area contributed by atoms with Gasteiger partial charge in [-0.3, -0.25) is 0 Å². The summed E-state index contributed by atoms with van der Waals surface area (Å²) in [4.78, 5) is 0. The molecule has 0 spiro atoms. The third-order valence-electron chi connectivity index (χ3n) is 4.32. The SMILES string of the molecule is CC.CC.COC1(Cc2ccc(P)c(F)c2F)CCC(C)CC1. The van der Waals surface area contributed by atoms with E-state index in [-0.39, 0.29) is 10.9 Å². The molecule has 0 amide bonds. The van der Waals surface area contributed by atoms with Gasteiger partial charge in [0.2, 0.25) is 0 Å². The molecule has 0 radical (unpaired) electrons. The van der Waals surface area contributed by atoms with Crippen LogP contribution >= 0.6 is 9.24 Å². The lowest BCUT2D eigenvalue weighted by molar-refractivity contribution is -0.0475. The molecule has 1 aromatic carbocycles. The number of hydrogen-bond donors (Lipinski definition) is 0. The zero-order valence-electron chi connectivity index (χ0n) is 15.5. The summed E-state index contributed by atoms with van der Waals surface area (Å²) in [5, 5.41) is 0.269. The Balaban J connectivity index is 0.00000112. The first-order chi connectivity index (χ1) is 11.0. The van der Waals surface area contributed by atoms with Crippen LogP contribution in [0.4, 0.5) is 8.78 Å². The van der Waals surface area contributed by atoms with Crippen molar-refractivity contribution in [1.29, 1.82) is 0 Å². The summed E-state index contributed by atoms with van der Waals surface area (Å²) in [6, 6.07) is 3.27. The van der Waals surface area contributed by atoms with E-state index in [4.69, 9.17) is 4.74 Å². The Morgan fingerprint density at radius 1 is 1.09 bits per heavy atom. The first-order valence-electron chi connectivity index (χ1n) is 8.75. The monoisotopic (exact) mass is 346 g/mol. The fraction of sp³-hybridized carbons (Fsp3) is 0.684. The Morgan fingerprint density at radius 3 is 2.09 bits per heavy atom. The highest BCUT2D eigenvalue weighted by Gasteiger charge is 2.35. The van der Waals surface area contributed by atoms with Gasteiger partial charge in [0, 0.05) is 18.8 Å². The van der Waals surface area contributed by atoms with Crippen LogP contribution in [0.25, 0.3) is 0 Å². The highest BCUT2D eigenvalue weighted by molar-refractivity contribution is 7.27. The van der Waals surface area contributed by atoms with Gasteiger partial charge < -0.3 is 4.74 Å². The van der Waals surface area contributed by atoms with Crippen LogP contribution in [0.1, 0.15) is 65.9 Å². The zero-order valence-corrected chi connectivity index (χ0v) is 16.7. The molecule has 0 aliphatic heterocycles. The number of methoxy groups -OCH3 is 1. The van der Waals surface area contributed by atoms with Crippen molar-refractivity contribution in [2.45, 2.75) is 72.3 Å². The average Bonchev–Trinajstić information content (AvgIpc) is 2.61. The van der Waals surface area contributed by atoms with Crippen LogP contribution in [0.15, 0.2) is 12.1 Å². The molecule has 134 valence electrons.